The summed E-state index contributed by atoms with van der Waals surface area (Å²) in [7, 11) is 0. The van der Waals surface area contributed by atoms with Gasteiger partial charge >= 0.3 is 12.1 Å². The van der Waals surface area contributed by atoms with Gasteiger partial charge in [-0.2, -0.15) is 13.2 Å². The van der Waals surface area contributed by atoms with Crippen LogP contribution in [0.4, 0.5) is 13.2 Å². The molecule has 1 aliphatic rings. The highest BCUT2D eigenvalue weighted by Gasteiger charge is 2.52. The molecule has 1 aromatic carbocycles. The van der Waals surface area contributed by atoms with E-state index in [-0.39, 0.29) is 0 Å². The first kappa shape index (κ1) is 13.9. The standard InChI is InChI=1S/C13H14F3NO2/c1-8-4-2-3-5-9(8)10(12(19)6-7-12)17-11(18)13(14,15)16/h2-5,10,19H,6-7H2,1H3,(H,17,18). The van der Waals surface area contributed by atoms with Crippen LogP contribution in [0.5, 0.6) is 0 Å². The molecular formula is C13H14F3NO2. The van der Waals surface area contributed by atoms with Crippen LogP contribution in [0, 0.1) is 6.92 Å². The van der Waals surface area contributed by atoms with Crippen LogP contribution in [-0.4, -0.2) is 22.8 Å². The summed E-state index contributed by atoms with van der Waals surface area (Å²) in [5.41, 5.74) is -0.0251. The highest BCUT2D eigenvalue weighted by atomic mass is 19.4. The normalized spacial score (nSPS) is 18.8. The van der Waals surface area contributed by atoms with Crippen molar-refractivity contribution in [2.24, 2.45) is 0 Å². The maximum Gasteiger partial charge on any atom is 0.471 e. The van der Waals surface area contributed by atoms with Gasteiger partial charge in [-0.05, 0) is 30.9 Å². The Bertz CT molecular complexity index is 495. The molecule has 1 saturated carbocycles. The minimum absolute atomic E-state index is 0.379. The molecule has 0 aromatic heterocycles. The van der Waals surface area contributed by atoms with Gasteiger partial charge in [-0.1, -0.05) is 24.3 Å². The lowest BCUT2D eigenvalue weighted by Crippen LogP contribution is -2.44. The van der Waals surface area contributed by atoms with Gasteiger partial charge in [0.15, 0.2) is 0 Å². The molecule has 1 amide bonds. The van der Waals surface area contributed by atoms with Gasteiger partial charge in [-0.25, -0.2) is 0 Å². The van der Waals surface area contributed by atoms with Gasteiger partial charge in [-0.3, -0.25) is 4.79 Å². The van der Waals surface area contributed by atoms with Gasteiger partial charge in [-0.15, -0.1) is 0 Å². The molecule has 0 radical (unpaired) electrons. The fraction of sp³-hybridized carbons (Fsp3) is 0.462. The van der Waals surface area contributed by atoms with Crippen molar-refractivity contribution in [3.63, 3.8) is 0 Å². The smallest absolute Gasteiger partial charge is 0.387 e. The Morgan fingerprint density at radius 3 is 2.42 bits per heavy atom. The number of hydrogen-bond acceptors (Lipinski definition) is 2. The Hall–Kier alpha value is -1.56. The average Bonchev–Trinajstić information content (AvgIpc) is 3.05. The second-order valence-corrected chi connectivity index (χ2v) is 4.86. The van der Waals surface area contributed by atoms with E-state index in [0.29, 0.717) is 18.4 Å². The van der Waals surface area contributed by atoms with E-state index in [1.807, 2.05) is 5.32 Å². The lowest BCUT2D eigenvalue weighted by atomic mass is 9.95. The first-order valence-corrected chi connectivity index (χ1v) is 5.90. The molecule has 1 atom stereocenters. The molecule has 6 heteroatoms. The van der Waals surface area contributed by atoms with Crippen molar-refractivity contribution in [3.05, 3.63) is 35.4 Å². The number of aliphatic hydroxyl groups is 1. The summed E-state index contributed by atoms with van der Waals surface area (Å²) in [5.74, 6) is -2.03. The van der Waals surface area contributed by atoms with Crippen LogP contribution < -0.4 is 5.32 Å². The van der Waals surface area contributed by atoms with Crippen molar-refractivity contribution in [3.8, 4) is 0 Å². The zero-order chi connectivity index (χ0) is 14.3. The van der Waals surface area contributed by atoms with E-state index in [9.17, 15) is 23.1 Å². The highest BCUT2D eigenvalue weighted by Crippen LogP contribution is 2.46. The van der Waals surface area contributed by atoms with Crippen LogP contribution in [0.1, 0.15) is 30.0 Å². The van der Waals surface area contributed by atoms with Gasteiger partial charge in [0.1, 0.15) is 0 Å². The van der Waals surface area contributed by atoms with Crippen molar-refractivity contribution >= 4 is 5.91 Å². The van der Waals surface area contributed by atoms with Crippen molar-refractivity contribution < 1.29 is 23.1 Å². The summed E-state index contributed by atoms with van der Waals surface area (Å²) in [4.78, 5) is 11.1. The quantitative estimate of drug-likeness (QED) is 0.887. The Kier molecular flexibility index (Phi) is 3.30. The molecule has 1 unspecified atom stereocenters. The molecule has 1 fully saturated rings. The van der Waals surface area contributed by atoms with E-state index < -0.39 is 23.7 Å². The highest BCUT2D eigenvalue weighted by molar-refractivity contribution is 5.82. The summed E-state index contributed by atoms with van der Waals surface area (Å²) >= 11 is 0. The number of carbonyl (C=O) groups is 1. The second kappa shape index (κ2) is 4.52. The van der Waals surface area contributed by atoms with Gasteiger partial charge < -0.3 is 10.4 Å². The second-order valence-electron chi connectivity index (χ2n) is 4.86. The Morgan fingerprint density at radius 1 is 1.37 bits per heavy atom. The largest absolute Gasteiger partial charge is 0.471 e. The first-order valence-electron chi connectivity index (χ1n) is 5.90. The number of hydrogen-bond donors (Lipinski definition) is 2. The minimum Gasteiger partial charge on any atom is -0.387 e. The molecule has 0 spiro atoms. The SMILES string of the molecule is Cc1ccccc1C(NC(=O)C(F)(F)F)C1(O)CC1. The maximum absolute atomic E-state index is 12.3. The molecule has 0 saturated heterocycles. The third-order valence-corrected chi connectivity index (χ3v) is 3.33. The lowest BCUT2D eigenvalue weighted by Gasteiger charge is -2.26. The lowest BCUT2D eigenvalue weighted by molar-refractivity contribution is -0.175. The Morgan fingerprint density at radius 2 is 1.95 bits per heavy atom. The van der Waals surface area contributed by atoms with E-state index in [2.05, 4.69) is 0 Å². The third-order valence-electron chi connectivity index (χ3n) is 3.33. The van der Waals surface area contributed by atoms with E-state index in [1.54, 1.807) is 31.2 Å². The van der Waals surface area contributed by atoms with E-state index in [4.69, 9.17) is 0 Å². The third kappa shape index (κ3) is 2.89. The molecule has 1 aromatic rings. The maximum atomic E-state index is 12.3. The number of amides is 1. The monoisotopic (exact) mass is 273 g/mol. The molecule has 19 heavy (non-hydrogen) atoms. The van der Waals surface area contributed by atoms with Crippen LogP contribution in [0.15, 0.2) is 24.3 Å². The van der Waals surface area contributed by atoms with Crippen molar-refractivity contribution in [1.29, 1.82) is 0 Å². The Balaban J connectivity index is 2.29. The van der Waals surface area contributed by atoms with Crippen molar-refractivity contribution in [2.75, 3.05) is 0 Å². The van der Waals surface area contributed by atoms with Gasteiger partial charge in [0.2, 0.25) is 0 Å². The zero-order valence-electron chi connectivity index (χ0n) is 10.3. The van der Waals surface area contributed by atoms with E-state index in [0.717, 1.165) is 5.56 Å². The summed E-state index contributed by atoms with van der Waals surface area (Å²) in [6.45, 7) is 1.73. The minimum atomic E-state index is -4.95. The molecule has 104 valence electrons. The van der Waals surface area contributed by atoms with Crippen LogP contribution in [-0.2, 0) is 4.79 Å². The molecule has 1 aliphatic carbocycles. The number of alkyl halides is 3. The van der Waals surface area contributed by atoms with E-state index in [1.165, 1.54) is 0 Å². The number of rotatable bonds is 3. The summed E-state index contributed by atoms with van der Waals surface area (Å²) < 4.78 is 37.0. The fourth-order valence-electron chi connectivity index (χ4n) is 2.04. The number of benzene rings is 1. The van der Waals surface area contributed by atoms with Gasteiger partial charge in [0, 0.05) is 0 Å². The van der Waals surface area contributed by atoms with Crippen LogP contribution >= 0.6 is 0 Å². The molecule has 0 bridgehead atoms. The van der Waals surface area contributed by atoms with Crippen molar-refractivity contribution in [1.82, 2.24) is 5.32 Å². The predicted octanol–water partition coefficient (Wildman–Crippen LogP) is 2.24. The number of aryl methyl sites for hydroxylation is 1. The molecule has 2 rings (SSSR count). The van der Waals surface area contributed by atoms with Crippen LogP contribution in [0.2, 0.25) is 0 Å². The molecule has 0 heterocycles. The fourth-order valence-corrected chi connectivity index (χ4v) is 2.04. The topological polar surface area (TPSA) is 49.3 Å². The molecule has 0 aliphatic heterocycles. The summed E-state index contributed by atoms with van der Waals surface area (Å²) in [6, 6.07) is 5.74. The number of carbonyl (C=O) groups excluding carboxylic acids is 1. The molecule has 3 nitrogen and oxygen atoms in total. The average molecular weight is 273 g/mol. The molecular weight excluding hydrogens is 259 g/mol. The molecule has 2 N–H and O–H groups in total. The summed E-state index contributed by atoms with van der Waals surface area (Å²) in [5, 5.41) is 12.0. The predicted molar refractivity (Wildman–Crippen MR) is 62.3 cm³/mol. The van der Waals surface area contributed by atoms with E-state index >= 15 is 0 Å². The summed E-state index contributed by atoms with van der Waals surface area (Å²) in [6.07, 6.45) is -4.19. The first-order chi connectivity index (χ1) is 8.74. The Labute approximate surface area is 108 Å². The zero-order valence-corrected chi connectivity index (χ0v) is 10.3. The van der Waals surface area contributed by atoms with Crippen molar-refractivity contribution in [2.45, 2.75) is 37.6 Å². The van der Waals surface area contributed by atoms with Gasteiger partial charge in [0.25, 0.3) is 0 Å². The van der Waals surface area contributed by atoms with Crippen LogP contribution in [0.25, 0.3) is 0 Å². The van der Waals surface area contributed by atoms with Crippen LogP contribution in [0.3, 0.4) is 0 Å². The van der Waals surface area contributed by atoms with Gasteiger partial charge in [0.05, 0.1) is 11.6 Å². The number of halogens is 3. The number of nitrogens with one attached hydrogen (secondary N) is 1.